The minimum absolute atomic E-state index is 0.669. The summed E-state index contributed by atoms with van der Waals surface area (Å²) in [4.78, 5) is 10.4. The molecule has 10 aromatic rings. The van der Waals surface area contributed by atoms with Gasteiger partial charge in [-0.15, -0.1) is 0 Å². The molecule has 0 saturated carbocycles. The molecule has 0 radical (unpaired) electrons. The Kier molecular flexibility index (Phi) is 6.81. The second-order valence-electron chi connectivity index (χ2n) is 13.0. The Hall–Kier alpha value is -6.84. The second-order valence-corrected chi connectivity index (χ2v) is 13.0. The summed E-state index contributed by atoms with van der Waals surface area (Å²) in [5.74, 6) is 0.669. The van der Waals surface area contributed by atoms with Crippen molar-refractivity contribution in [1.29, 1.82) is 0 Å². The Morgan fingerprint density at radius 1 is 0.333 bits per heavy atom. The van der Waals surface area contributed by atoms with Crippen LogP contribution < -0.4 is 0 Å². The monoisotopic (exact) mass is 650 g/mol. The predicted octanol–water partition coefficient (Wildman–Crippen LogP) is 13.0. The van der Waals surface area contributed by atoms with Crippen molar-refractivity contribution < 1.29 is 4.42 Å². The summed E-state index contributed by atoms with van der Waals surface area (Å²) in [5, 5.41) is 6.83. The first-order valence-electron chi connectivity index (χ1n) is 17.2. The van der Waals surface area contributed by atoms with Crippen molar-refractivity contribution in [3.63, 3.8) is 0 Å². The van der Waals surface area contributed by atoms with Crippen molar-refractivity contribution in [2.24, 2.45) is 0 Å². The summed E-state index contributed by atoms with van der Waals surface area (Å²) in [6.07, 6.45) is 0. The van der Waals surface area contributed by atoms with Crippen LogP contribution in [0.4, 0.5) is 0 Å². The van der Waals surface area contributed by atoms with E-state index in [2.05, 4.69) is 164 Å². The van der Waals surface area contributed by atoms with Gasteiger partial charge in [0.25, 0.3) is 0 Å². The van der Waals surface area contributed by atoms with Gasteiger partial charge in [0, 0.05) is 27.5 Å². The first-order valence-corrected chi connectivity index (χ1v) is 17.2. The van der Waals surface area contributed by atoms with Crippen molar-refractivity contribution in [3.05, 3.63) is 182 Å². The molecule has 2 heterocycles. The highest BCUT2D eigenvalue weighted by Crippen LogP contribution is 2.42. The molecule has 10 rings (SSSR count). The van der Waals surface area contributed by atoms with E-state index in [1.54, 1.807) is 0 Å². The third-order valence-electron chi connectivity index (χ3n) is 9.82. The Morgan fingerprint density at radius 2 is 0.941 bits per heavy atom. The predicted molar refractivity (Wildman–Crippen MR) is 212 cm³/mol. The van der Waals surface area contributed by atoms with Crippen LogP contribution in [0.25, 0.3) is 99.6 Å². The largest absolute Gasteiger partial charge is 0.455 e. The fourth-order valence-electron chi connectivity index (χ4n) is 7.23. The SMILES string of the molecule is c1ccc(-c2cccc(-c3cc(-c4cc(-c5ccc6ccccc6c5)nc(-c5ccccc5)n4)c4oc5cc6ccccc6cc5c4c3)c2)cc1. The van der Waals surface area contributed by atoms with Crippen LogP contribution in [0.2, 0.25) is 0 Å². The van der Waals surface area contributed by atoms with Crippen LogP contribution in [0.15, 0.2) is 186 Å². The van der Waals surface area contributed by atoms with Crippen LogP contribution in [0, 0.1) is 0 Å². The first kappa shape index (κ1) is 29.1. The Bertz CT molecular complexity index is 2910. The molecule has 3 nitrogen and oxygen atoms in total. The number of furan rings is 1. The smallest absolute Gasteiger partial charge is 0.160 e. The molecule has 0 bridgehead atoms. The Morgan fingerprint density at radius 3 is 1.71 bits per heavy atom. The zero-order valence-corrected chi connectivity index (χ0v) is 27.6. The molecule has 0 spiro atoms. The van der Waals surface area contributed by atoms with Crippen molar-refractivity contribution >= 4 is 43.5 Å². The second kappa shape index (κ2) is 11.9. The maximum absolute atomic E-state index is 6.82. The average Bonchev–Trinajstić information content (AvgIpc) is 3.57. The van der Waals surface area contributed by atoms with E-state index in [1.807, 2.05) is 18.2 Å². The van der Waals surface area contributed by atoms with Crippen LogP contribution in [-0.2, 0) is 0 Å². The van der Waals surface area contributed by atoms with E-state index in [9.17, 15) is 0 Å². The van der Waals surface area contributed by atoms with Crippen molar-refractivity contribution in [1.82, 2.24) is 9.97 Å². The van der Waals surface area contributed by atoms with Gasteiger partial charge in [-0.25, -0.2) is 9.97 Å². The van der Waals surface area contributed by atoms with Gasteiger partial charge in [0.1, 0.15) is 11.2 Å². The summed E-state index contributed by atoms with van der Waals surface area (Å²) in [6.45, 7) is 0. The molecule has 51 heavy (non-hydrogen) atoms. The lowest BCUT2D eigenvalue weighted by Gasteiger charge is -2.12. The van der Waals surface area contributed by atoms with Gasteiger partial charge in [-0.1, -0.05) is 140 Å². The summed E-state index contributed by atoms with van der Waals surface area (Å²) in [6, 6.07) is 63.9. The van der Waals surface area contributed by atoms with Gasteiger partial charge in [-0.2, -0.15) is 0 Å². The molecule has 0 unspecified atom stereocenters. The quantitative estimate of drug-likeness (QED) is 0.186. The third kappa shape index (κ3) is 5.24. The zero-order chi connectivity index (χ0) is 33.7. The molecular weight excluding hydrogens is 621 g/mol. The van der Waals surface area contributed by atoms with E-state index >= 15 is 0 Å². The van der Waals surface area contributed by atoms with E-state index in [1.165, 1.54) is 27.3 Å². The summed E-state index contributed by atoms with van der Waals surface area (Å²) >= 11 is 0. The van der Waals surface area contributed by atoms with Crippen LogP contribution in [-0.4, -0.2) is 9.97 Å². The van der Waals surface area contributed by atoms with Gasteiger partial charge in [-0.3, -0.25) is 0 Å². The van der Waals surface area contributed by atoms with E-state index in [-0.39, 0.29) is 0 Å². The van der Waals surface area contributed by atoms with E-state index < -0.39 is 0 Å². The number of aromatic nitrogens is 2. The number of nitrogens with zero attached hydrogens (tertiary/aromatic N) is 2. The van der Waals surface area contributed by atoms with Gasteiger partial charge in [0.05, 0.1) is 11.4 Å². The van der Waals surface area contributed by atoms with Crippen molar-refractivity contribution in [2.45, 2.75) is 0 Å². The molecule has 0 saturated heterocycles. The van der Waals surface area contributed by atoms with Crippen LogP contribution >= 0.6 is 0 Å². The number of hydrogen-bond acceptors (Lipinski definition) is 3. The minimum atomic E-state index is 0.669. The van der Waals surface area contributed by atoms with Gasteiger partial charge >= 0.3 is 0 Å². The highest BCUT2D eigenvalue weighted by atomic mass is 16.3. The van der Waals surface area contributed by atoms with Crippen molar-refractivity contribution in [3.8, 4) is 56.2 Å². The lowest BCUT2D eigenvalue weighted by atomic mass is 9.94. The highest BCUT2D eigenvalue weighted by Gasteiger charge is 2.19. The third-order valence-corrected chi connectivity index (χ3v) is 9.82. The molecule has 0 fully saturated rings. The van der Waals surface area contributed by atoms with E-state index in [4.69, 9.17) is 14.4 Å². The maximum Gasteiger partial charge on any atom is 0.160 e. The number of hydrogen-bond donors (Lipinski definition) is 0. The molecule has 0 atom stereocenters. The van der Waals surface area contributed by atoms with E-state index in [0.29, 0.717) is 5.82 Å². The molecule has 0 amide bonds. The number of benzene rings is 8. The van der Waals surface area contributed by atoms with Crippen LogP contribution in [0.1, 0.15) is 0 Å². The van der Waals surface area contributed by atoms with Crippen LogP contribution in [0.5, 0.6) is 0 Å². The summed E-state index contributed by atoms with van der Waals surface area (Å²) in [7, 11) is 0. The molecular formula is C48H30N2O. The van der Waals surface area contributed by atoms with Crippen molar-refractivity contribution in [2.75, 3.05) is 0 Å². The minimum Gasteiger partial charge on any atom is -0.455 e. The summed E-state index contributed by atoms with van der Waals surface area (Å²) in [5.41, 5.74) is 10.8. The number of rotatable bonds is 5. The molecule has 0 aliphatic heterocycles. The molecule has 2 aromatic heterocycles. The molecule has 0 aliphatic rings. The van der Waals surface area contributed by atoms with E-state index in [0.717, 1.165) is 66.5 Å². The fourth-order valence-corrected chi connectivity index (χ4v) is 7.23. The average molecular weight is 651 g/mol. The zero-order valence-electron chi connectivity index (χ0n) is 27.6. The lowest BCUT2D eigenvalue weighted by Crippen LogP contribution is -1.96. The van der Waals surface area contributed by atoms with Gasteiger partial charge in [0.15, 0.2) is 5.82 Å². The highest BCUT2D eigenvalue weighted by molar-refractivity contribution is 6.14. The Balaban J connectivity index is 1.25. The molecule has 3 heteroatoms. The lowest BCUT2D eigenvalue weighted by molar-refractivity contribution is 0.670. The molecule has 0 N–H and O–H groups in total. The fraction of sp³-hybridized carbons (Fsp3) is 0. The van der Waals surface area contributed by atoms with Crippen LogP contribution in [0.3, 0.4) is 0 Å². The standard InChI is InChI=1S/C48H30N2O/c1-3-12-31(13-4-1)35-20-11-21-36(24-35)40-27-42-41-26-37-18-9-10-19-38(37)29-46(41)51-47(42)43(28-40)45-30-44(49-48(50-45)33-15-5-2-6-16-33)39-23-22-32-14-7-8-17-34(32)25-39/h1-30H. The summed E-state index contributed by atoms with van der Waals surface area (Å²) < 4.78 is 6.82. The molecule has 0 aliphatic carbocycles. The molecule has 238 valence electrons. The number of fused-ring (bicyclic) bond motifs is 5. The Labute approximate surface area is 295 Å². The first-order chi connectivity index (χ1) is 25.2. The normalized spacial score (nSPS) is 11.5. The molecule has 8 aromatic carbocycles. The van der Waals surface area contributed by atoms with Gasteiger partial charge in [-0.05, 0) is 86.3 Å². The topological polar surface area (TPSA) is 38.9 Å². The van der Waals surface area contributed by atoms with Gasteiger partial charge < -0.3 is 4.42 Å². The van der Waals surface area contributed by atoms with Gasteiger partial charge in [0.2, 0.25) is 0 Å². The maximum atomic E-state index is 6.82.